The molecular formula is C15H13BrN2O2. The summed E-state index contributed by atoms with van der Waals surface area (Å²) in [6.45, 7) is 0. The van der Waals surface area contributed by atoms with Crippen molar-refractivity contribution < 1.29 is 9.63 Å². The van der Waals surface area contributed by atoms with Gasteiger partial charge in [-0.1, -0.05) is 33.2 Å². The van der Waals surface area contributed by atoms with Crippen LogP contribution in [0.1, 0.15) is 15.9 Å². The Balaban J connectivity index is 2.05. The van der Waals surface area contributed by atoms with Gasteiger partial charge < -0.3 is 10.2 Å². The first-order valence-corrected chi connectivity index (χ1v) is 6.72. The van der Waals surface area contributed by atoms with Gasteiger partial charge in [-0.2, -0.15) is 0 Å². The Kier molecular flexibility index (Phi) is 4.90. The Hall–Kier alpha value is -2.14. The van der Waals surface area contributed by atoms with E-state index in [1.165, 1.54) is 7.11 Å². The largest absolute Gasteiger partial charge is 0.399 e. The van der Waals surface area contributed by atoms with E-state index in [4.69, 9.17) is 0 Å². The summed E-state index contributed by atoms with van der Waals surface area (Å²) in [6, 6.07) is 14.5. The maximum atomic E-state index is 12.0. The second-order valence-corrected chi connectivity index (χ2v) is 4.92. The summed E-state index contributed by atoms with van der Waals surface area (Å²) in [5.74, 6) is -0.150. The molecule has 0 saturated carbocycles. The molecule has 1 N–H and O–H groups in total. The van der Waals surface area contributed by atoms with Crippen molar-refractivity contribution in [2.75, 3.05) is 12.4 Å². The SMILES string of the molecule is CO/N=C/c1ccc(C(=O)Nc2ccc(Br)cc2)cc1. The fourth-order valence-corrected chi connectivity index (χ4v) is 1.83. The maximum Gasteiger partial charge on any atom is 0.255 e. The Morgan fingerprint density at radius 2 is 1.80 bits per heavy atom. The van der Waals surface area contributed by atoms with Gasteiger partial charge in [0.15, 0.2) is 0 Å². The number of carbonyl (C=O) groups excluding carboxylic acids is 1. The Bertz CT molecular complexity index is 607. The zero-order valence-corrected chi connectivity index (χ0v) is 12.4. The molecule has 0 saturated heterocycles. The minimum atomic E-state index is -0.150. The quantitative estimate of drug-likeness (QED) is 0.685. The van der Waals surface area contributed by atoms with Gasteiger partial charge in [0.05, 0.1) is 6.21 Å². The summed E-state index contributed by atoms with van der Waals surface area (Å²) in [6.07, 6.45) is 1.58. The van der Waals surface area contributed by atoms with Crippen molar-refractivity contribution in [3.63, 3.8) is 0 Å². The number of hydrogen-bond donors (Lipinski definition) is 1. The van der Waals surface area contributed by atoms with Crippen molar-refractivity contribution in [2.45, 2.75) is 0 Å². The predicted molar refractivity (Wildman–Crippen MR) is 83.1 cm³/mol. The lowest BCUT2D eigenvalue weighted by molar-refractivity contribution is 0.102. The van der Waals surface area contributed by atoms with Crippen LogP contribution >= 0.6 is 15.9 Å². The summed E-state index contributed by atoms with van der Waals surface area (Å²) in [4.78, 5) is 16.6. The first kappa shape index (κ1) is 14.3. The zero-order valence-electron chi connectivity index (χ0n) is 10.8. The molecule has 102 valence electrons. The lowest BCUT2D eigenvalue weighted by Gasteiger charge is -2.05. The molecule has 0 radical (unpaired) electrons. The Labute approximate surface area is 125 Å². The Morgan fingerprint density at radius 3 is 2.40 bits per heavy atom. The van der Waals surface area contributed by atoms with Crippen molar-refractivity contribution in [1.82, 2.24) is 0 Å². The molecule has 0 atom stereocenters. The summed E-state index contributed by atoms with van der Waals surface area (Å²) in [5, 5.41) is 6.49. The topological polar surface area (TPSA) is 50.7 Å². The smallest absolute Gasteiger partial charge is 0.255 e. The summed E-state index contributed by atoms with van der Waals surface area (Å²) >= 11 is 3.35. The monoisotopic (exact) mass is 332 g/mol. The van der Waals surface area contributed by atoms with Crippen LogP contribution in [-0.4, -0.2) is 19.2 Å². The average molecular weight is 333 g/mol. The van der Waals surface area contributed by atoms with Crippen molar-refractivity contribution >= 4 is 33.7 Å². The van der Waals surface area contributed by atoms with Crippen LogP contribution in [0.2, 0.25) is 0 Å². The molecule has 0 bridgehead atoms. The molecule has 2 aromatic rings. The van der Waals surface area contributed by atoms with Crippen LogP contribution < -0.4 is 5.32 Å². The summed E-state index contributed by atoms with van der Waals surface area (Å²) in [5.41, 5.74) is 2.21. The third-order valence-corrected chi connectivity index (χ3v) is 3.11. The molecule has 0 spiro atoms. The van der Waals surface area contributed by atoms with E-state index >= 15 is 0 Å². The molecule has 0 heterocycles. The second-order valence-electron chi connectivity index (χ2n) is 4.00. The van der Waals surface area contributed by atoms with Crippen LogP contribution in [0.5, 0.6) is 0 Å². The van der Waals surface area contributed by atoms with Gasteiger partial charge >= 0.3 is 0 Å². The van der Waals surface area contributed by atoms with E-state index in [9.17, 15) is 4.79 Å². The van der Waals surface area contributed by atoms with Gasteiger partial charge in [0.1, 0.15) is 7.11 Å². The Morgan fingerprint density at radius 1 is 1.15 bits per heavy atom. The van der Waals surface area contributed by atoms with E-state index in [0.717, 1.165) is 15.7 Å². The number of anilines is 1. The first-order chi connectivity index (χ1) is 9.69. The highest BCUT2D eigenvalue weighted by Gasteiger charge is 2.05. The van der Waals surface area contributed by atoms with Crippen molar-refractivity contribution in [1.29, 1.82) is 0 Å². The average Bonchev–Trinajstić information content (AvgIpc) is 2.48. The molecule has 0 unspecified atom stereocenters. The molecule has 1 amide bonds. The fourth-order valence-electron chi connectivity index (χ4n) is 1.57. The molecular weight excluding hydrogens is 320 g/mol. The van der Waals surface area contributed by atoms with Crippen molar-refractivity contribution in [3.8, 4) is 0 Å². The zero-order chi connectivity index (χ0) is 14.4. The molecule has 0 aliphatic rings. The predicted octanol–water partition coefficient (Wildman–Crippen LogP) is 3.68. The molecule has 0 fully saturated rings. The van der Waals surface area contributed by atoms with Crippen LogP contribution in [0.25, 0.3) is 0 Å². The van der Waals surface area contributed by atoms with E-state index < -0.39 is 0 Å². The minimum Gasteiger partial charge on any atom is -0.399 e. The number of oxime groups is 1. The molecule has 20 heavy (non-hydrogen) atoms. The molecule has 4 nitrogen and oxygen atoms in total. The standard InChI is InChI=1S/C15H13BrN2O2/c1-20-17-10-11-2-4-12(5-3-11)15(19)18-14-8-6-13(16)7-9-14/h2-10H,1H3,(H,18,19)/b17-10+. The van der Waals surface area contributed by atoms with Crippen LogP contribution in [0.3, 0.4) is 0 Å². The number of nitrogens with zero attached hydrogens (tertiary/aromatic N) is 1. The van der Waals surface area contributed by atoms with Gasteiger partial charge in [0, 0.05) is 15.7 Å². The van der Waals surface area contributed by atoms with Crippen molar-refractivity contribution in [2.24, 2.45) is 5.16 Å². The number of rotatable bonds is 4. The van der Waals surface area contributed by atoms with E-state index in [0.29, 0.717) is 5.56 Å². The van der Waals surface area contributed by atoms with Crippen LogP contribution in [-0.2, 0) is 4.84 Å². The third-order valence-electron chi connectivity index (χ3n) is 2.58. The van der Waals surface area contributed by atoms with E-state index in [1.807, 2.05) is 24.3 Å². The number of hydrogen-bond acceptors (Lipinski definition) is 3. The normalized spacial score (nSPS) is 10.5. The number of amides is 1. The highest BCUT2D eigenvalue weighted by molar-refractivity contribution is 9.10. The third kappa shape index (κ3) is 3.93. The van der Waals surface area contributed by atoms with E-state index in [-0.39, 0.29) is 5.91 Å². The van der Waals surface area contributed by atoms with Gasteiger partial charge in [-0.05, 0) is 42.0 Å². The second kappa shape index (κ2) is 6.86. The lowest BCUT2D eigenvalue weighted by atomic mass is 10.1. The molecule has 0 aliphatic carbocycles. The van der Waals surface area contributed by atoms with Crippen LogP contribution in [0, 0.1) is 0 Å². The number of benzene rings is 2. The maximum absolute atomic E-state index is 12.0. The van der Waals surface area contributed by atoms with E-state index in [1.54, 1.807) is 30.5 Å². The molecule has 0 aromatic heterocycles. The highest BCUT2D eigenvalue weighted by atomic mass is 79.9. The summed E-state index contributed by atoms with van der Waals surface area (Å²) < 4.78 is 0.970. The fraction of sp³-hybridized carbons (Fsp3) is 0.0667. The number of carbonyl (C=O) groups is 1. The number of nitrogens with one attached hydrogen (secondary N) is 1. The highest BCUT2D eigenvalue weighted by Crippen LogP contribution is 2.15. The van der Waals surface area contributed by atoms with Gasteiger partial charge in [0.2, 0.25) is 0 Å². The van der Waals surface area contributed by atoms with Crippen molar-refractivity contribution in [3.05, 3.63) is 64.1 Å². The van der Waals surface area contributed by atoms with Gasteiger partial charge in [-0.3, -0.25) is 4.79 Å². The van der Waals surface area contributed by atoms with E-state index in [2.05, 4.69) is 31.2 Å². The first-order valence-electron chi connectivity index (χ1n) is 5.92. The van der Waals surface area contributed by atoms with Crippen LogP contribution in [0.4, 0.5) is 5.69 Å². The lowest BCUT2D eigenvalue weighted by Crippen LogP contribution is -2.11. The van der Waals surface area contributed by atoms with Gasteiger partial charge in [-0.25, -0.2) is 0 Å². The summed E-state index contributed by atoms with van der Waals surface area (Å²) in [7, 11) is 1.48. The van der Waals surface area contributed by atoms with Crippen LogP contribution in [0.15, 0.2) is 58.2 Å². The minimum absolute atomic E-state index is 0.150. The molecule has 2 rings (SSSR count). The molecule has 0 aliphatic heterocycles. The molecule has 5 heteroatoms. The molecule has 2 aromatic carbocycles. The number of halogens is 1. The van der Waals surface area contributed by atoms with Gasteiger partial charge in [0.25, 0.3) is 5.91 Å². The van der Waals surface area contributed by atoms with Gasteiger partial charge in [-0.15, -0.1) is 0 Å².